The molecule has 3 aromatic rings. The van der Waals surface area contributed by atoms with Crippen molar-refractivity contribution in [1.29, 1.82) is 0 Å². The number of rotatable bonds is 5. The number of carbonyl (C=O) groups excluding carboxylic acids is 2. The fourth-order valence-corrected chi connectivity index (χ4v) is 3.28. The number of benzene rings is 1. The second-order valence-electron chi connectivity index (χ2n) is 5.69. The van der Waals surface area contributed by atoms with E-state index in [4.69, 9.17) is 16.3 Å². The van der Waals surface area contributed by atoms with Gasteiger partial charge in [-0.1, -0.05) is 17.7 Å². The summed E-state index contributed by atoms with van der Waals surface area (Å²) >= 11 is 7.00. The van der Waals surface area contributed by atoms with Gasteiger partial charge in [0.2, 0.25) is 0 Å². The number of pyridine rings is 1. The lowest BCUT2D eigenvalue weighted by molar-refractivity contribution is -0.123. The molecule has 1 N–H and O–H groups in total. The van der Waals surface area contributed by atoms with E-state index in [1.165, 1.54) is 18.3 Å². The number of nitrogens with zero attached hydrogens (tertiary/aromatic N) is 2. The van der Waals surface area contributed by atoms with Crippen LogP contribution >= 0.6 is 22.9 Å². The number of amides is 1. The molecule has 138 valence electrons. The molecule has 0 aliphatic rings. The number of aromatic nitrogens is 2. The van der Waals surface area contributed by atoms with Crippen LogP contribution in [0, 0.1) is 6.92 Å². The fraction of sp³-hybridized carbons (Fsp3) is 0.158. The third-order valence-corrected chi connectivity index (χ3v) is 5.04. The summed E-state index contributed by atoms with van der Waals surface area (Å²) in [5, 5.41) is 3.86. The van der Waals surface area contributed by atoms with Gasteiger partial charge in [0.05, 0.1) is 11.4 Å². The van der Waals surface area contributed by atoms with Crippen LogP contribution in [-0.4, -0.2) is 27.9 Å². The number of hydrogen-bond donors (Lipinski definition) is 1. The Hall–Kier alpha value is -2.77. The first-order valence-corrected chi connectivity index (χ1v) is 9.29. The zero-order chi connectivity index (χ0) is 19.4. The molecule has 1 aromatic carbocycles. The van der Waals surface area contributed by atoms with Gasteiger partial charge in [-0.2, -0.15) is 0 Å². The molecular formula is C19H16ClN3O3S. The van der Waals surface area contributed by atoms with Crippen LogP contribution in [0.15, 0.2) is 48.7 Å². The first-order valence-electron chi connectivity index (χ1n) is 8.10. The molecule has 0 saturated heterocycles. The molecule has 3 rings (SSSR count). The van der Waals surface area contributed by atoms with E-state index in [1.807, 2.05) is 12.1 Å². The van der Waals surface area contributed by atoms with Gasteiger partial charge in [0.25, 0.3) is 5.91 Å². The third kappa shape index (κ3) is 4.69. The number of aryl methyl sites for hydroxylation is 1. The highest BCUT2D eigenvalue weighted by Gasteiger charge is 2.23. The van der Waals surface area contributed by atoms with Crippen LogP contribution in [0.2, 0.25) is 5.02 Å². The van der Waals surface area contributed by atoms with Crippen molar-refractivity contribution < 1.29 is 14.3 Å². The zero-order valence-corrected chi connectivity index (χ0v) is 16.2. The molecule has 0 bridgehead atoms. The normalized spacial score (nSPS) is 11.7. The van der Waals surface area contributed by atoms with Crippen molar-refractivity contribution in [3.63, 3.8) is 0 Å². The molecule has 0 fully saturated rings. The van der Waals surface area contributed by atoms with Crippen LogP contribution in [0.4, 0.5) is 5.69 Å². The van der Waals surface area contributed by atoms with Crippen molar-refractivity contribution in [1.82, 2.24) is 9.97 Å². The molecule has 0 unspecified atom stereocenters. The van der Waals surface area contributed by atoms with E-state index in [9.17, 15) is 9.59 Å². The number of nitrogens with one attached hydrogen (secondary N) is 1. The number of thiazole rings is 1. The highest BCUT2D eigenvalue weighted by molar-refractivity contribution is 7.17. The van der Waals surface area contributed by atoms with E-state index in [1.54, 1.807) is 43.5 Å². The smallest absolute Gasteiger partial charge is 0.351 e. The summed E-state index contributed by atoms with van der Waals surface area (Å²) in [7, 11) is 0. The minimum atomic E-state index is -0.965. The van der Waals surface area contributed by atoms with Gasteiger partial charge in [0, 0.05) is 16.9 Å². The zero-order valence-electron chi connectivity index (χ0n) is 14.6. The van der Waals surface area contributed by atoms with Crippen LogP contribution < -0.4 is 5.32 Å². The number of carbonyl (C=O) groups is 2. The molecule has 6 nitrogen and oxygen atoms in total. The van der Waals surface area contributed by atoms with Crippen molar-refractivity contribution in [2.24, 2.45) is 0 Å². The highest BCUT2D eigenvalue weighted by Crippen LogP contribution is 2.27. The van der Waals surface area contributed by atoms with E-state index in [2.05, 4.69) is 15.3 Å². The number of hydrogen-bond acceptors (Lipinski definition) is 6. The predicted molar refractivity (Wildman–Crippen MR) is 105 cm³/mol. The van der Waals surface area contributed by atoms with Crippen LogP contribution in [0.5, 0.6) is 0 Å². The summed E-state index contributed by atoms with van der Waals surface area (Å²) in [6.07, 6.45) is 0.695. The SMILES string of the molecule is Cc1nc(-c2ccccn2)sc1C(=O)O[C@@H](C)C(=O)Nc1ccc(Cl)cc1. The first kappa shape index (κ1) is 19.0. The van der Waals surface area contributed by atoms with Gasteiger partial charge < -0.3 is 10.1 Å². The lowest BCUT2D eigenvalue weighted by Crippen LogP contribution is -2.29. The molecule has 8 heteroatoms. The van der Waals surface area contributed by atoms with Gasteiger partial charge in [-0.05, 0) is 50.2 Å². The van der Waals surface area contributed by atoms with Gasteiger partial charge in [-0.3, -0.25) is 9.78 Å². The van der Waals surface area contributed by atoms with Crippen molar-refractivity contribution >= 4 is 40.5 Å². The largest absolute Gasteiger partial charge is 0.448 e. The lowest BCUT2D eigenvalue weighted by Gasteiger charge is -2.13. The summed E-state index contributed by atoms with van der Waals surface area (Å²) in [6, 6.07) is 12.1. The van der Waals surface area contributed by atoms with E-state index >= 15 is 0 Å². The average Bonchev–Trinajstić information content (AvgIpc) is 3.06. The van der Waals surface area contributed by atoms with E-state index in [-0.39, 0.29) is 0 Å². The fourth-order valence-electron chi connectivity index (χ4n) is 2.23. The quantitative estimate of drug-likeness (QED) is 0.643. The first-order chi connectivity index (χ1) is 12.9. The van der Waals surface area contributed by atoms with Gasteiger partial charge >= 0.3 is 5.97 Å². The Labute approximate surface area is 165 Å². The molecule has 2 aromatic heterocycles. The number of esters is 1. The maximum Gasteiger partial charge on any atom is 0.351 e. The molecule has 0 saturated carbocycles. The van der Waals surface area contributed by atoms with Gasteiger partial charge in [0.1, 0.15) is 9.88 Å². The van der Waals surface area contributed by atoms with Crippen LogP contribution in [0.1, 0.15) is 22.3 Å². The van der Waals surface area contributed by atoms with Crippen molar-refractivity contribution in [3.8, 4) is 10.7 Å². The average molecular weight is 402 g/mol. The third-order valence-electron chi connectivity index (χ3n) is 3.63. The molecule has 0 aliphatic carbocycles. The molecular weight excluding hydrogens is 386 g/mol. The molecule has 2 heterocycles. The Bertz CT molecular complexity index is 958. The summed E-state index contributed by atoms with van der Waals surface area (Å²) in [5.74, 6) is -1.02. The van der Waals surface area contributed by atoms with Crippen LogP contribution in [0.25, 0.3) is 10.7 Å². The second-order valence-corrected chi connectivity index (χ2v) is 7.13. The Morgan fingerprint density at radius 1 is 1.19 bits per heavy atom. The molecule has 27 heavy (non-hydrogen) atoms. The Balaban J connectivity index is 1.67. The molecule has 0 spiro atoms. The number of anilines is 1. The second kappa shape index (κ2) is 8.28. The van der Waals surface area contributed by atoms with E-state index < -0.39 is 18.0 Å². The molecule has 0 aliphatic heterocycles. The van der Waals surface area contributed by atoms with Crippen molar-refractivity contribution in [3.05, 3.63) is 64.3 Å². The van der Waals surface area contributed by atoms with Crippen LogP contribution in [0.3, 0.4) is 0 Å². The molecule has 1 amide bonds. The topological polar surface area (TPSA) is 81.2 Å². The van der Waals surface area contributed by atoms with Crippen molar-refractivity contribution in [2.45, 2.75) is 20.0 Å². The summed E-state index contributed by atoms with van der Waals surface area (Å²) in [5.41, 5.74) is 1.79. The predicted octanol–water partition coefficient (Wildman–Crippen LogP) is 4.35. The summed E-state index contributed by atoms with van der Waals surface area (Å²) in [6.45, 7) is 3.23. The van der Waals surface area contributed by atoms with Gasteiger partial charge in [0.15, 0.2) is 6.10 Å². The Morgan fingerprint density at radius 3 is 2.59 bits per heavy atom. The lowest BCUT2D eigenvalue weighted by atomic mass is 10.3. The minimum Gasteiger partial charge on any atom is -0.448 e. The highest BCUT2D eigenvalue weighted by atomic mass is 35.5. The summed E-state index contributed by atoms with van der Waals surface area (Å²) in [4.78, 5) is 33.6. The maximum atomic E-state index is 12.5. The number of ether oxygens (including phenoxy) is 1. The molecule has 1 atom stereocenters. The van der Waals surface area contributed by atoms with Gasteiger partial charge in [-0.15, -0.1) is 11.3 Å². The minimum absolute atomic E-state index is 0.349. The van der Waals surface area contributed by atoms with Gasteiger partial charge in [-0.25, -0.2) is 9.78 Å². The Morgan fingerprint density at radius 2 is 1.93 bits per heavy atom. The monoisotopic (exact) mass is 401 g/mol. The number of halogens is 1. The Kier molecular flexibility index (Phi) is 5.83. The molecule has 0 radical (unpaired) electrons. The van der Waals surface area contributed by atoms with E-state index in [0.29, 0.717) is 32.0 Å². The maximum absolute atomic E-state index is 12.5. The standard InChI is InChI=1S/C19H16ClN3O3S/c1-11-16(27-18(22-11)15-5-3-4-10-21-15)19(25)26-12(2)17(24)23-14-8-6-13(20)7-9-14/h3-10,12H,1-2H3,(H,23,24)/t12-/m0/s1. The summed E-state index contributed by atoms with van der Waals surface area (Å²) < 4.78 is 5.30. The van der Waals surface area contributed by atoms with Crippen molar-refractivity contribution in [2.75, 3.05) is 5.32 Å². The van der Waals surface area contributed by atoms with Crippen LogP contribution in [-0.2, 0) is 9.53 Å². The van der Waals surface area contributed by atoms with E-state index in [0.717, 1.165) is 0 Å².